The summed E-state index contributed by atoms with van der Waals surface area (Å²) in [7, 11) is 1.59. The van der Waals surface area contributed by atoms with Gasteiger partial charge in [0.25, 0.3) is 5.91 Å². The molecule has 150 valence electrons. The van der Waals surface area contributed by atoms with Crippen LogP contribution in [0.15, 0.2) is 48.5 Å². The lowest BCUT2D eigenvalue weighted by Gasteiger charge is -2.33. The standard InChI is InChI=1S/C20H21F2NO5/c1-25-15-5-7-16(8-6-15)27-13-18-12-23(9-10-26-18)19(24)14-3-2-4-17(11-14)28-20(21)22/h2-8,11,18,20H,9-10,12-13H2,1H3/t18-/m1/s1. The van der Waals surface area contributed by atoms with E-state index in [9.17, 15) is 13.6 Å². The SMILES string of the molecule is COc1ccc(OC[C@H]2CN(C(=O)c3cccc(OC(F)F)c3)CCO2)cc1. The van der Waals surface area contributed by atoms with Gasteiger partial charge in [0, 0.05) is 12.1 Å². The second-order valence-electron chi connectivity index (χ2n) is 6.14. The molecule has 0 bridgehead atoms. The third-order valence-corrected chi connectivity index (χ3v) is 4.23. The van der Waals surface area contributed by atoms with E-state index in [0.717, 1.165) is 5.75 Å². The van der Waals surface area contributed by atoms with Crippen LogP contribution in [-0.4, -0.2) is 56.9 Å². The smallest absolute Gasteiger partial charge is 0.387 e. The van der Waals surface area contributed by atoms with Crippen molar-refractivity contribution in [3.05, 3.63) is 54.1 Å². The summed E-state index contributed by atoms with van der Waals surface area (Å²) in [5.74, 6) is 1.09. The molecule has 0 radical (unpaired) electrons. The number of carbonyl (C=O) groups is 1. The average molecular weight is 393 g/mol. The van der Waals surface area contributed by atoms with Crippen LogP contribution < -0.4 is 14.2 Å². The van der Waals surface area contributed by atoms with Crippen molar-refractivity contribution in [2.75, 3.05) is 33.4 Å². The molecule has 3 rings (SSSR count). The lowest BCUT2D eigenvalue weighted by molar-refractivity contribution is -0.0500. The lowest BCUT2D eigenvalue weighted by atomic mass is 10.1. The Labute approximate surface area is 161 Å². The number of methoxy groups -OCH3 is 1. The van der Waals surface area contributed by atoms with Crippen LogP contribution in [0.5, 0.6) is 17.2 Å². The van der Waals surface area contributed by atoms with Gasteiger partial charge in [0.1, 0.15) is 30.0 Å². The van der Waals surface area contributed by atoms with E-state index in [1.807, 2.05) is 0 Å². The van der Waals surface area contributed by atoms with Crippen molar-refractivity contribution in [1.29, 1.82) is 0 Å². The molecule has 0 aliphatic carbocycles. The summed E-state index contributed by atoms with van der Waals surface area (Å²) in [6.45, 7) is -1.53. The highest BCUT2D eigenvalue weighted by Gasteiger charge is 2.26. The fourth-order valence-electron chi connectivity index (χ4n) is 2.85. The monoisotopic (exact) mass is 393 g/mol. The van der Waals surface area contributed by atoms with E-state index in [-0.39, 0.29) is 29.9 Å². The molecular formula is C20H21F2NO5. The van der Waals surface area contributed by atoms with Gasteiger partial charge in [-0.25, -0.2) is 0 Å². The predicted octanol–water partition coefficient (Wildman–Crippen LogP) is 3.22. The summed E-state index contributed by atoms with van der Waals surface area (Å²) >= 11 is 0. The molecule has 8 heteroatoms. The van der Waals surface area contributed by atoms with Crippen LogP contribution in [0.1, 0.15) is 10.4 Å². The molecule has 1 atom stereocenters. The maximum Gasteiger partial charge on any atom is 0.387 e. The Bertz CT molecular complexity index is 784. The highest BCUT2D eigenvalue weighted by molar-refractivity contribution is 5.94. The molecule has 1 aliphatic rings. The zero-order valence-electron chi connectivity index (χ0n) is 15.3. The first-order valence-electron chi connectivity index (χ1n) is 8.78. The van der Waals surface area contributed by atoms with Gasteiger partial charge in [0.15, 0.2) is 0 Å². The maximum atomic E-state index is 12.7. The molecule has 2 aromatic rings. The number of hydrogen-bond acceptors (Lipinski definition) is 5. The van der Waals surface area contributed by atoms with E-state index >= 15 is 0 Å². The fourth-order valence-corrected chi connectivity index (χ4v) is 2.85. The third-order valence-electron chi connectivity index (χ3n) is 4.23. The van der Waals surface area contributed by atoms with Gasteiger partial charge in [-0.1, -0.05) is 6.07 Å². The minimum Gasteiger partial charge on any atom is -0.497 e. The Hall–Kier alpha value is -2.87. The van der Waals surface area contributed by atoms with E-state index in [2.05, 4.69) is 4.74 Å². The molecule has 28 heavy (non-hydrogen) atoms. The van der Waals surface area contributed by atoms with Crippen LogP contribution in [0.25, 0.3) is 0 Å². The summed E-state index contributed by atoms with van der Waals surface area (Å²) in [5.41, 5.74) is 0.287. The first-order valence-corrected chi connectivity index (χ1v) is 8.78. The summed E-state index contributed by atoms with van der Waals surface area (Å²) < 4.78 is 45.6. The fraction of sp³-hybridized carbons (Fsp3) is 0.350. The van der Waals surface area contributed by atoms with Crippen LogP contribution in [0.3, 0.4) is 0 Å². The number of morpholine rings is 1. The molecule has 1 saturated heterocycles. The summed E-state index contributed by atoms with van der Waals surface area (Å²) in [6.07, 6.45) is -0.291. The van der Waals surface area contributed by atoms with Gasteiger partial charge in [-0.15, -0.1) is 0 Å². The first kappa shape index (κ1) is 19.9. The van der Waals surface area contributed by atoms with Gasteiger partial charge in [0.2, 0.25) is 0 Å². The second-order valence-corrected chi connectivity index (χ2v) is 6.14. The summed E-state index contributed by atoms with van der Waals surface area (Å²) in [6, 6.07) is 12.9. The van der Waals surface area contributed by atoms with E-state index in [4.69, 9.17) is 14.2 Å². The molecule has 0 saturated carbocycles. The number of halogens is 2. The van der Waals surface area contributed by atoms with Gasteiger partial charge >= 0.3 is 6.61 Å². The molecule has 1 fully saturated rings. The Morgan fingerprint density at radius 3 is 2.64 bits per heavy atom. The van der Waals surface area contributed by atoms with Crippen molar-refractivity contribution < 1.29 is 32.5 Å². The normalized spacial score (nSPS) is 16.7. The van der Waals surface area contributed by atoms with Gasteiger partial charge in [-0.3, -0.25) is 4.79 Å². The topological polar surface area (TPSA) is 57.2 Å². The van der Waals surface area contributed by atoms with Crippen molar-refractivity contribution in [2.24, 2.45) is 0 Å². The molecule has 0 N–H and O–H groups in total. The van der Waals surface area contributed by atoms with Crippen molar-refractivity contribution in [3.63, 3.8) is 0 Å². The minimum atomic E-state index is -2.94. The van der Waals surface area contributed by atoms with E-state index in [0.29, 0.717) is 25.4 Å². The summed E-state index contributed by atoms with van der Waals surface area (Å²) in [4.78, 5) is 14.3. The largest absolute Gasteiger partial charge is 0.497 e. The number of benzene rings is 2. The van der Waals surface area contributed by atoms with Crippen molar-refractivity contribution in [2.45, 2.75) is 12.7 Å². The third kappa shape index (κ3) is 5.32. The number of nitrogens with zero attached hydrogens (tertiary/aromatic N) is 1. The second kappa shape index (κ2) is 9.36. The number of rotatable bonds is 7. The van der Waals surface area contributed by atoms with Gasteiger partial charge < -0.3 is 23.8 Å². The van der Waals surface area contributed by atoms with Crippen LogP contribution in [0, 0.1) is 0 Å². The van der Waals surface area contributed by atoms with Gasteiger partial charge in [0.05, 0.1) is 20.3 Å². The van der Waals surface area contributed by atoms with Crippen molar-refractivity contribution >= 4 is 5.91 Å². The molecule has 0 spiro atoms. The molecule has 1 aliphatic heterocycles. The average Bonchev–Trinajstić information content (AvgIpc) is 2.72. The van der Waals surface area contributed by atoms with E-state index in [1.54, 1.807) is 42.3 Å². The van der Waals surface area contributed by atoms with Crippen LogP contribution in [0.2, 0.25) is 0 Å². The molecule has 6 nitrogen and oxygen atoms in total. The Kier molecular flexibility index (Phi) is 6.65. The zero-order chi connectivity index (χ0) is 19.9. The Balaban J connectivity index is 1.57. The molecule has 0 unspecified atom stereocenters. The van der Waals surface area contributed by atoms with E-state index in [1.165, 1.54) is 18.2 Å². The highest BCUT2D eigenvalue weighted by Crippen LogP contribution is 2.20. The lowest BCUT2D eigenvalue weighted by Crippen LogP contribution is -2.47. The zero-order valence-corrected chi connectivity index (χ0v) is 15.3. The number of amides is 1. The number of alkyl halides is 2. The van der Waals surface area contributed by atoms with Crippen molar-refractivity contribution in [3.8, 4) is 17.2 Å². The number of carbonyl (C=O) groups excluding carboxylic acids is 1. The van der Waals surface area contributed by atoms with Gasteiger partial charge in [-0.05, 0) is 42.5 Å². The predicted molar refractivity (Wildman–Crippen MR) is 97.2 cm³/mol. The quantitative estimate of drug-likeness (QED) is 0.723. The van der Waals surface area contributed by atoms with Crippen LogP contribution >= 0.6 is 0 Å². The first-order chi connectivity index (χ1) is 13.5. The molecule has 2 aromatic carbocycles. The Morgan fingerprint density at radius 2 is 1.93 bits per heavy atom. The van der Waals surface area contributed by atoms with Crippen LogP contribution in [0.4, 0.5) is 8.78 Å². The minimum absolute atomic E-state index is 0.0477. The summed E-state index contributed by atoms with van der Waals surface area (Å²) in [5, 5.41) is 0. The molecule has 0 aromatic heterocycles. The molecule has 1 amide bonds. The highest BCUT2D eigenvalue weighted by atomic mass is 19.3. The number of hydrogen-bond donors (Lipinski definition) is 0. The van der Waals surface area contributed by atoms with Crippen LogP contribution in [-0.2, 0) is 4.74 Å². The maximum absolute atomic E-state index is 12.7. The number of ether oxygens (including phenoxy) is 4. The molecule has 1 heterocycles. The van der Waals surface area contributed by atoms with Crippen molar-refractivity contribution in [1.82, 2.24) is 4.90 Å². The Morgan fingerprint density at radius 1 is 1.18 bits per heavy atom. The van der Waals surface area contributed by atoms with E-state index < -0.39 is 6.61 Å². The van der Waals surface area contributed by atoms with Gasteiger partial charge in [-0.2, -0.15) is 8.78 Å². The molecular weight excluding hydrogens is 372 g/mol.